The van der Waals surface area contributed by atoms with E-state index in [0.29, 0.717) is 35.9 Å². The van der Waals surface area contributed by atoms with E-state index in [1.54, 1.807) is 55.3 Å². The van der Waals surface area contributed by atoms with Crippen molar-refractivity contribution in [2.75, 3.05) is 20.8 Å². The van der Waals surface area contributed by atoms with Crippen molar-refractivity contribution < 1.29 is 23.5 Å². The molecule has 0 saturated heterocycles. The van der Waals surface area contributed by atoms with Crippen molar-refractivity contribution in [1.82, 2.24) is 9.88 Å². The van der Waals surface area contributed by atoms with Gasteiger partial charge in [0.05, 0.1) is 20.0 Å². The van der Waals surface area contributed by atoms with Gasteiger partial charge in [-0.25, -0.2) is 4.79 Å². The van der Waals surface area contributed by atoms with E-state index in [1.165, 1.54) is 7.11 Å². The highest BCUT2D eigenvalue weighted by molar-refractivity contribution is 7.98. The lowest BCUT2D eigenvalue weighted by atomic mass is 10.2. The number of hydrogen-bond donors (Lipinski definition) is 1. The Morgan fingerprint density at radius 2 is 1.82 bits per heavy atom. The Hall–Kier alpha value is -3.65. The van der Waals surface area contributed by atoms with E-state index in [4.69, 9.17) is 9.15 Å². The Bertz CT molecular complexity index is 1260. The topological polar surface area (TPSA) is 82.7 Å². The number of nitrogens with one attached hydrogen (secondary N) is 1. The zero-order chi connectivity index (χ0) is 23.2. The largest absolute Gasteiger partial charge is 0.497 e. The van der Waals surface area contributed by atoms with Crippen molar-refractivity contribution in [3.05, 3.63) is 83.9 Å². The van der Waals surface area contributed by atoms with E-state index in [1.807, 2.05) is 12.1 Å². The first-order chi connectivity index (χ1) is 16.1. The van der Waals surface area contributed by atoms with E-state index >= 15 is 0 Å². The normalized spacial score (nSPS) is 10.8. The van der Waals surface area contributed by atoms with Crippen LogP contribution in [-0.4, -0.2) is 37.2 Å². The van der Waals surface area contributed by atoms with E-state index < -0.39 is 5.97 Å². The monoisotopic (exact) mass is 464 g/mol. The Labute approximate surface area is 195 Å². The van der Waals surface area contributed by atoms with Crippen LogP contribution in [0.1, 0.15) is 26.7 Å². The van der Waals surface area contributed by atoms with Crippen molar-refractivity contribution in [1.29, 1.82) is 0 Å². The van der Waals surface area contributed by atoms with E-state index in [2.05, 4.69) is 33.0 Å². The van der Waals surface area contributed by atoms with Gasteiger partial charge in [-0.2, -0.15) is 0 Å². The second-order valence-electron chi connectivity index (χ2n) is 7.23. The number of carbonyl (C=O) groups is 2. The molecule has 1 N–H and O–H groups in total. The van der Waals surface area contributed by atoms with E-state index in [9.17, 15) is 9.59 Å². The summed E-state index contributed by atoms with van der Waals surface area (Å²) in [5, 5.41) is 4.10. The van der Waals surface area contributed by atoms with Gasteiger partial charge in [0, 0.05) is 40.6 Å². The Kier molecular flexibility index (Phi) is 7.04. The fraction of sp³-hybridized carbons (Fsp3) is 0.200. The molecule has 170 valence electrons. The molecule has 0 bridgehead atoms. The van der Waals surface area contributed by atoms with Gasteiger partial charge in [0.1, 0.15) is 11.5 Å². The van der Waals surface area contributed by atoms with Gasteiger partial charge in [-0.1, -0.05) is 18.2 Å². The Balaban J connectivity index is 1.40. The van der Waals surface area contributed by atoms with Crippen LogP contribution < -0.4 is 10.1 Å². The number of rotatable bonds is 9. The number of esters is 1. The maximum atomic E-state index is 12.4. The molecule has 0 spiro atoms. The number of ether oxygens (including phenoxy) is 2. The number of hydrogen-bond acceptors (Lipinski definition) is 6. The SMILES string of the molecule is COC(=O)c1ccc(CSc2cn(CCNC(=O)c3ccc(OC)cc3)c3ccccc23)o1. The summed E-state index contributed by atoms with van der Waals surface area (Å²) in [4.78, 5) is 25.1. The first-order valence-electron chi connectivity index (χ1n) is 10.4. The molecule has 0 fully saturated rings. The van der Waals surface area contributed by atoms with Crippen LogP contribution in [0, 0.1) is 0 Å². The second-order valence-corrected chi connectivity index (χ2v) is 8.25. The number of furan rings is 1. The van der Waals surface area contributed by atoms with Gasteiger partial charge in [-0.15, -0.1) is 11.8 Å². The third kappa shape index (κ3) is 5.23. The van der Waals surface area contributed by atoms with Crippen LogP contribution in [0.2, 0.25) is 0 Å². The van der Waals surface area contributed by atoms with Gasteiger partial charge < -0.3 is 23.8 Å². The third-order valence-corrected chi connectivity index (χ3v) is 6.23. The maximum Gasteiger partial charge on any atom is 0.373 e. The predicted octanol–water partition coefficient (Wildman–Crippen LogP) is 4.75. The fourth-order valence-corrected chi connectivity index (χ4v) is 4.44. The zero-order valence-corrected chi connectivity index (χ0v) is 19.2. The van der Waals surface area contributed by atoms with Crippen molar-refractivity contribution in [3.8, 4) is 5.75 Å². The number of para-hydroxylation sites is 1. The molecule has 4 rings (SSSR count). The molecule has 0 atom stereocenters. The summed E-state index contributed by atoms with van der Waals surface area (Å²) in [7, 11) is 2.92. The van der Waals surface area contributed by atoms with Crippen molar-refractivity contribution in [2.45, 2.75) is 17.2 Å². The molecule has 0 aliphatic heterocycles. The van der Waals surface area contributed by atoms with E-state index in [-0.39, 0.29) is 11.7 Å². The smallest absolute Gasteiger partial charge is 0.373 e. The molecule has 4 aromatic rings. The number of carbonyl (C=O) groups excluding carboxylic acids is 2. The van der Waals surface area contributed by atoms with E-state index in [0.717, 1.165) is 15.8 Å². The van der Waals surface area contributed by atoms with Crippen LogP contribution in [0.5, 0.6) is 5.75 Å². The van der Waals surface area contributed by atoms with Crippen molar-refractivity contribution >= 4 is 34.5 Å². The fourth-order valence-electron chi connectivity index (χ4n) is 3.46. The summed E-state index contributed by atoms with van der Waals surface area (Å²) in [6, 6.07) is 18.6. The number of benzene rings is 2. The van der Waals surface area contributed by atoms with Crippen LogP contribution in [0.15, 0.2) is 76.2 Å². The minimum Gasteiger partial charge on any atom is -0.497 e. The lowest BCUT2D eigenvalue weighted by molar-refractivity contribution is 0.0563. The lowest BCUT2D eigenvalue weighted by Gasteiger charge is -2.08. The van der Waals surface area contributed by atoms with Gasteiger partial charge in [0.25, 0.3) is 5.91 Å². The standard InChI is InChI=1S/C25H24N2O5S/c1-30-18-9-7-17(8-10-18)24(28)26-13-14-27-15-23(20-5-3-4-6-21(20)27)33-16-19-11-12-22(32-19)25(29)31-2/h3-12,15H,13-14,16H2,1-2H3,(H,26,28). The first kappa shape index (κ1) is 22.5. The number of methoxy groups -OCH3 is 2. The number of nitrogens with zero attached hydrogens (tertiary/aromatic N) is 1. The van der Waals surface area contributed by atoms with Gasteiger partial charge in [-0.05, 0) is 42.5 Å². The molecule has 0 radical (unpaired) electrons. The van der Waals surface area contributed by atoms with Crippen molar-refractivity contribution in [2.24, 2.45) is 0 Å². The molecular weight excluding hydrogens is 440 g/mol. The average Bonchev–Trinajstić information content (AvgIpc) is 3.47. The minimum atomic E-state index is -0.487. The van der Waals surface area contributed by atoms with Gasteiger partial charge in [0.15, 0.2) is 0 Å². The molecule has 1 amide bonds. The van der Waals surface area contributed by atoms with Crippen LogP contribution in [-0.2, 0) is 17.0 Å². The molecule has 0 unspecified atom stereocenters. The minimum absolute atomic E-state index is 0.122. The molecule has 7 nitrogen and oxygen atoms in total. The molecule has 2 aromatic carbocycles. The van der Waals surface area contributed by atoms with Crippen LogP contribution in [0.25, 0.3) is 10.9 Å². The van der Waals surface area contributed by atoms with Gasteiger partial charge in [-0.3, -0.25) is 4.79 Å². The van der Waals surface area contributed by atoms with Crippen LogP contribution >= 0.6 is 11.8 Å². The molecular formula is C25H24N2O5S. The molecule has 0 aliphatic rings. The molecule has 2 heterocycles. The highest BCUT2D eigenvalue weighted by Gasteiger charge is 2.13. The zero-order valence-electron chi connectivity index (χ0n) is 18.4. The second kappa shape index (κ2) is 10.3. The number of thioether (sulfide) groups is 1. The summed E-state index contributed by atoms with van der Waals surface area (Å²) in [6.07, 6.45) is 2.08. The quantitative estimate of drug-likeness (QED) is 0.284. The Morgan fingerprint density at radius 1 is 1.03 bits per heavy atom. The summed E-state index contributed by atoms with van der Waals surface area (Å²) in [5.74, 6) is 1.58. The van der Waals surface area contributed by atoms with Gasteiger partial charge in [0.2, 0.25) is 5.76 Å². The van der Waals surface area contributed by atoms with Crippen LogP contribution in [0.4, 0.5) is 0 Å². The summed E-state index contributed by atoms with van der Waals surface area (Å²) in [5.41, 5.74) is 1.68. The number of amides is 1. The van der Waals surface area contributed by atoms with Gasteiger partial charge >= 0.3 is 5.97 Å². The average molecular weight is 465 g/mol. The summed E-state index contributed by atoms with van der Waals surface area (Å²) in [6.45, 7) is 1.13. The number of fused-ring (bicyclic) bond motifs is 1. The number of aromatic nitrogens is 1. The van der Waals surface area contributed by atoms with Crippen LogP contribution in [0.3, 0.4) is 0 Å². The first-order valence-corrected chi connectivity index (χ1v) is 11.4. The molecule has 0 aliphatic carbocycles. The maximum absolute atomic E-state index is 12.4. The lowest BCUT2D eigenvalue weighted by Crippen LogP contribution is -2.27. The highest BCUT2D eigenvalue weighted by Crippen LogP contribution is 2.32. The molecule has 2 aromatic heterocycles. The molecule has 0 saturated carbocycles. The summed E-state index contributed by atoms with van der Waals surface area (Å²) >= 11 is 1.63. The molecule has 8 heteroatoms. The van der Waals surface area contributed by atoms with Crippen molar-refractivity contribution in [3.63, 3.8) is 0 Å². The summed E-state index contributed by atoms with van der Waals surface area (Å²) < 4.78 is 17.5. The predicted molar refractivity (Wildman–Crippen MR) is 127 cm³/mol. The Morgan fingerprint density at radius 3 is 2.58 bits per heavy atom. The third-order valence-electron chi connectivity index (χ3n) is 5.16. The highest BCUT2D eigenvalue weighted by atomic mass is 32.2. The molecule has 33 heavy (non-hydrogen) atoms.